The Morgan fingerprint density at radius 2 is 2.00 bits per heavy atom. The van der Waals surface area contributed by atoms with Crippen molar-refractivity contribution in [2.45, 2.75) is 37.8 Å². The molecule has 27 heavy (non-hydrogen) atoms. The van der Waals surface area contributed by atoms with Gasteiger partial charge in [0.2, 0.25) is 10.0 Å². The Morgan fingerprint density at radius 1 is 1.26 bits per heavy atom. The molecule has 0 aliphatic rings. The third kappa shape index (κ3) is 5.58. The number of nitrogens with one attached hydrogen (secondary N) is 1. The summed E-state index contributed by atoms with van der Waals surface area (Å²) in [6, 6.07) is 4.11. The van der Waals surface area contributed by atoms with Crippen molar-refractivity contribution >= 4 is 33.2 Å². The molecule has 150 valence electrons. The second-order valence-corrected chi connectivity index (χ2v) is 8.35. The molecule has 0 bridgehead atoms. The first-order chi connectivity index (χ1) is 12.8. The average molecular weight is 436 g/mol. The van der Waals surface area contributed by atoms with E-state index >= 15 is 0 Å². The van der Waals surface area contributed by atoms with Crippen molar-refractivity contribution in [2.75, 3.05) is 20.3 Å². The van der Waals surface area contributed by atoms with Crippen molar-refractivity contribution in [2.24, 2.45) is 0 Å². The molecule has 0 aliphatic heterocycles. The number of benzene rings is 1. The van der Waals surface area contributed by atoms with E-state index in [1.807, 2.05) is 11.5 Å². The fraction of sp³-hybridized carbons (Fsp3) is 0.471. The molecule has 0 saturated carbocycles. The van der Waals surface area contributed by atoms with Gasteiger partial charge < -0.3 is 9.47 Å². The zero-order valence-electron chi connectivity index (χ0n) is 15.4. The van der Waals surface area contributed by atoms with E-state index in [2.05, 4.69) is 9.71 Å². The molecular formula is C17H23Cl2N3O4S. The Kier molecular flexibility index (Phi) is 7.93. The van der Waals surface area contributed by atoms with Gasteiger partial charge in [-0.25, -0.2) is 18.1 Å². The average Bonchev–Trinajstić information content (AvgIpc) is 3.03. The third-order valence-electron chi connectivity index (χ3n) is 3.87. The largest absolute Gasteiger partial charge is 0.465 e. The number of rotatable bonds is 10. The molecule has 0 radical (unpaired) electrons. The van der Waals surface area contributed by atoms with Crippen molar-refractivity contribution in [1.82, 2.24) is 14.3 Å². The van der Waals surface area contributed by atoms with E-state index in [4.69, 9.17) is 32.7 Å². The first-order valence-electron chi connectivity index (χ1n) is 8.44. The van der Waals surface area contributed by atoms with Gasteiger partial charge in [-0.2, -0.15) is 0 Å². The van der Waals surface area contributed by atoms with Crippen LogP contribution in [0.25, 0.3) is 0 Å². The van der Waals surface area contributed by atoms with Crippen molar-refractivity contribution in [3.63, 3.8) is 0 Å². The highest BCUT2D eigenvalue weighted by atomic mass is 35.5. The lowest BCUT2D eigenvalue weighted by Crippen LogP contribution is -2.28. The van der Waals surface area contributed by atoms with Crippen LogP contribution in [0.3, 0.4) is 0 Å². The third-order valence-corrected chi connectivity index (χ3v) is 6.14. The van der Waals surface area contributed by atoms with Gasteiger partial charge in [-0.3, -0.25) is 4.57 Å². The molecule has 1 atom stereocenters. The highest BCUT2D eigenvalue weighted by Crippen LogP contribution is 2.26. The lowest BCUT2D eigenvalue weighted by Gasteiger charge is -2.17. The van der Waals surface area contributed by atoms with E-state index in [9.17, 15) is 8.42 Å². The van der Waals surface area contributed by atoms with Gasteiger partial charge in [0, 0.05) is 26.7 Å². The molecule has 1 unspecified atom stereocenters. The maximum Gasteiger partial charge on any atom is 0.296 e. The van der Waals surface area contributed by atoms with E-state index < -0.39 is 16.1 Å². The topological polar surface area (TPSA) is 82.5 Å². The Balaban J connectivity index is 2.15. The molecule has 0 aliphatic carbocycles. The first kappa shape index (κ1) is 22.0. The van der Waals surface area contributed by atoms with Gasteiger partial charge in [-0.1, -0.05) is 23.2 Å². The minimum Gasteiger partial charge on any atom is -0.465 e. The predicted octanol–water partition coefficient (Wildman–Crippen LogP) is 3.66. The maximum absolute atomic E-state index is 12.6. The summed E-state index contributed by atoms with van der Waals surface area (Å²) in [5.41, 5.74) is 0.697. The number of imidazole rings is 1. The van der Waals surface area contributed by atoms with Crippen LogP contribution in [0.1, 0.15) is 32.0 Å². The Morgan fingerprint density at radius 3 is 2.63 bits per heavy atom. The summed E-state index contributed by atoms with van der Waals surface area (Å²) >= 11 is 11.8. The van der Waals surface area contributed by atoms with E-state index in [1.165, 1.54) is 18.2 Å². The number of ether oxygens (including phenoxy) is 2. The van der Waals surface area contributed by atoms with Crippen LogP contribution in [0.15, 0.2) is 29.3 Å². The Bertz CT molecular complexity index is 871. The van der Waals surface area contributed by atoms with Crippen LogP contribution in [0.2, 0.25) is 10.0 Å². The number of methoxy groups -OCH3 is 1. The van der Waals surface area contributed by atoms with Crippen LogP contribution >= 0.6 is 23.2 Å². The van der Waals surface area contributed by atoms with Crippen LogP contribution in [0.4, 0.5) is 0 Å². The molecule has 0 saturated heterocycles. The molecule has 1 heterocycles. The summed E-state index contributed by atoms with van der Waals surface area (Å²) in [4.78, 5) is 4.30. The summed E-state index contributed by atoms with van der Waals surface area (Å²) in [6.45, 7) is 5.33. The van der Waals surface area contributed by atoms with Crippen LogP contribution in [-0.4, -0.2) is 38.3 Å². The monoisotopic (exact) mass is 435 g/mol. The van der Waals surface area contributed by atoms with Crippen LogP contribution < -0.4 is 9.46 Å². The standard InChI is InChI=1S/C17H23Cl2N3O4S/c1-4-22-16(11-20-17(22)26-9-5-8-25-3)12(2)21-27(23,24)13-6-7-14(18)15(19)10-13/h6-7,10-12,21H,4-5,8-9H2,1-3H3. The zero-order valence-corrected chi connectivity index (χ0v) is 17.7. The van der Waals surface area contributed by atoms with Crippen molar-refractivity contribution in [3.8, 4) is 6.01 Å². The van der Waals surface area contributed by atoms with Crippen LogP contribution in [0, 0.1) is 0 Å². The fourth-order valence-electron chi connectivity index (χ4n) is 2.52. The number of hydrogen-bond donors (Lipinski definition) is 1. The first-order valence-corrected chi connectivity index (χ1v) is 10.7. The van der Waals surface area contributed by atoms with Crippen molar-refractivity contribution in [3.05, 3.63) is 40.1 Å². The molecule has 2 aromatic rings. The smallest absolute Gasteiger partial charge is 0.296 e. The number of sulfonamides is 1. The lowest BCUT2D eigenvalue weighted by atomic mass is 10.3. The van der Waals surface area contributed by atoms with Crippen LogP contribution in [-0.2, 0) is 21.3 Å². The summed E-state index contributed by atoms with van der Waals surface area (Å²) < 4.78 is 40.4. The highest BCUT2D eigenvalue weighted by Gasteiger charge is 2.23. The van der Waals surface area contributed by atoms with Gasteiger partial charge in [0.15, 0.2) is 0 Å². The zero-order chi connectivity index (χ0) is 20.0. The minimum atomic E-state index is -3.78. The molecule has 10 heteroatoms. The van der Waals surface area contributed by atoms with Gasteiger partial charge in [-0.05, 0) is 32.0 Å². The molecule has 1 N–H and O–H groups in total. The quantitative estimate of drug-likeness (QED) is 0.575. The lowest BCUT2D eigenvalue weighted by molar-refractivity contribution is 0.166. The predicted molar refractivity (Wildman–Crippen MR) is 105 cm³/mol. The van der Waals surface area contributed by atoms with Crippen LogP contribution in [0.5, 0.6) is 6.01 Å². The van der Waals surface area contributed by atoms with Crippen molar-refractivity contribution in [1.29, 1.82) is 0 Å². The fourth-order valence-corrected chi connectivity index (χ4v) is 4.13. The molecular weight excluding hydrogens is 413 g/mol. The second kappa shape index (κ2) is 9.75. The molecule has 1 aromatic heterocycles. The van der Waals surface area contributed by atoms with E-state index in [1.54, 1.807) is 20.2 Å². The Labute approximate surface area is 169 Å². The molecule has 1 aromatic carbocycles. The van der Waals surface area contributed by atoms with E-state index in [-0.39, 0.29) is 9.92 Å². The molecule has 7 nitrogen and oxygen atoms in total. The summed E-state index contributed by atoms with van der Waals surface area (Å²) in [5, 5.41) is 0.473. The molecule has 0 amide bonds. The number of halogens is 2. The second-order valence-electron chi connectivity index (χ2n) is 5.82. The van der Waals surface area contributed by atoms with Gasteiger partial charge in [0.25, 0.3) is 6.01 Å². The van der Waals surface area contributed by atoms with Gasteiger partial charge >= 0.3 is 0 Å². The van der Waals surface area contributed by atoms with E-state index in [0.717, 1.165) is 6.42 Å². The minimum absolute atomic E-state index is 0.0438. The van der Waals surface area contributed by atoms with Gasteiger partial charge in [0.1, 0.15) is 0 Å². The molecule has 2 rings (SSSR count). The van der Waals surface area contributed by atoms with Gasteiger partial charge in [-0.15, -0.1) is 0 Å². The SMILES string of the molecule is CCn1c(C(C)NS(=O)(=O)c2ccc(Cl)c(Cl)c2)cnc1OCCCOC. The van der Waals surface area contributed by atoms with Crippen molar-refractivity contribution < 1.29 is 17.9 Å². The normalized spacial score (nSPS) is 12.9. The van der Waals surface area contributed by atoms with E-state index in [0.29, 0.717) is 36.5 Å². The van der Waals surface area contributed by atoms with Gasteiger partial charge in [0.05, 0.1) is 39.5 Å². The molecule has 0 fully saturated rings. The maximum atomic E-state index is 12.6. The number of nitrogens with zero attached hydrogens (tertiary/aromatic N) is 2. The highest BCUT2D eigenvalue weighted by molar-refractivity contribution is 7.89. The molecule has 0 spiro atoms. The summed E-state index contributed by atoms with van der Waals surface area (Å²) in [6.07, 6.45) is 2.35. The number of aromatic nitrogens is 2. The number of hydrogen-bond acceptors (Lipinski definition) is 5. The Hall–Kier alpha value is -1.32. The summed E-state index contributed by atoms with van der Waals surface area (Å²) in [7, 11) is -2.15. The summed E-state index contributed by atoms with van der Waals surface area (Å²) in [5.74, 6) is 0.